The van der Waals surface area contributed by atoms with Crippen molar-refractivity contribution in [2.45, 2.75) is 13.0 Å². The molecule has 0 aliphatic carbocycles. The van der Waals surface area contributed by atoms with Gasteiger partial charge >= 0.3 is 0 Å². The van der Waals surface area contributed by atoms with Crippen LogP contribution in [-0.4, -0.2) is 5.91 Å². The average Bonchev–Trinajstić information content (AvgIpc) is 2.54. The van der Waals surface area contributed by atoms with Gasteiger partial charge in [0.2, 0.25) is 0 Å². The van der Waals surface area contributed by atoms with Crippen molar-refractivity contribution in [2.24, 2.45) is 0 Å². The molecule has 0 saturated heterocycles. The van der Waals surface area contributed by atoms with Crippen molar-refractivity contribution in [1.82, 2.24) is 5.32 Å². The van der Waals surface area contributed by atoms with Crippen molar-refractivity contribution in [3.63, 3.8) is 0 Å². The molecular weight excluding hydrogens is 338 g/mol. The summed E-state index contributed by atoms with van der Waals surface area (Å²) in [6.45, 7) is 2.00. The molecule has 1 atom stereocenters. The van der Waals surface area contributed by atoms with E-state index >= 15 is 0 Å². The molecule has 0 heterocycles. The summed E-state index contributed by atoms with van der Waals surface area (Å²) in [5.41, 5.74) is 1.74. The van der Waals surface area contributed by atoms with Gasteiger partial charge in [0.15, 0.2) is 0 Å². The third-order valence-corrected chi connectivity index (χ3v) is 4.43. The van der Waals surface area contributed by atoms with Crippen LogP contribution in [-0.2, 0) is 0 Å². The summed E-state index contributed by atoms with van der Waals surface area (Å²) in [5.74, 6) is -0.0758. The Bertz CT molecular complexity index is 828. The van der Waals surface area contributed by atoms with E-state index in [1.807, 2.05) is 43.3 Å². The highest BCUT2D eigenvalue weighted by Gasteiger charge is 2.13. The summed E-state index contributed by atoms with van der Waals surface area (Å²) in [7, 11) is 0. The summed E-state index contributed by atoms with van der Waals surface area (Å²) >= 11 is 3.41. The number of rotatable bonds is 3. The first kappa shape index (κ1) is 14.8. The molecule has 22 heavy (non-hydrogen) atoms. The van der Waals surface area contributed by atoms with E-state index in [4.69, 9.17) is 0 Å². The lowest BCUT2D eigenvalue weighted by molar-refractivity contribution is 0.0939. The minimum Gasteiger partial charge on any atom is -0.345 e. The van der Waals surface area contributed by atoms with Gasteiger partial charge in [0.1, 0.15) is 0 Å². The number of carbonyl (C=O) groups is 1. The second-order valence-corrected chi connectivity index (χ2v) is 6.14. The molecular formula is C19H16BrNO. The molecule has 1 unspecified atom stereocenters. The predicted molar refractivity (Wildman–Crippen MR) is 94.0 cm³/mol. The van der Waals surface area contributed by atoms with Gasteiger partial charge in [-0.1, -0.05) is 48.5 Å². The molecule has 0 saturated carbocycles. The maximum absolute atomic E-state index is 12.4. The molecule has 0 aromatic heterocycles. The standard InChI is InChI=1S/C19H16BrNO/c1-13(21-19(22)17-8-4-5-9-18(17)20)15-11-10-14-6-2-3-7-16(14)12-15/h2-13H,1H3,(H,21,22). The van der Waals surface area contributed by atoms with E-state index < -0.39 is 0 Å². The lowest BCUT2D eigenvalue weighted by Gasteiger charge is -2.15. The number of benzene rings is 3. The van der Waals surface area contributed by atoms with Crippen LogP contribution in [0, 0.1) is 0 Å². The Morgan fingerprint density at radius 2 is 1.64 bits per heavy atom. The van der Waals surface area contributed by atoms with E-state index in [1.165, 1.54) is 10.8 Å². The van der Waals surface area contributed by atoms with Crippen molar-refractivity contribution in [1.29, 1.82) is 0 Å². The van der Waals surface area contributed by atoms with Crippen LogP contribution < -0.4 is 5.32 Å². The van der Waals surface area contributed by atoms with Gasteiger partial charge in [0, 0.05) is 4.47 Å². The van der Waals surface area contributed by atoms with Gasteiger partial charge in [0.25, 0.3) is 5.91 Å². The minimum atomic E-state index is -0.0758. The van der Waals surface area contributed by atoms with Crippen LogP contribution in [0.2, 0.25) is 0 Å². The Morgan fingerprint density at radius 3 is 2.41 bits per heavy atom. The first-order valence-electron chi connectivity index (χ1n) is 7.19. The van der Waals surface area contributed by atoms with E-state index in [2.05, 4.69) is 51.6 Å². The van der Waals surface area contributed by atoms with Gasteiger partial charge in [-0.05, 0) is 57.4 Å². The fraction of sp³-hybridized carbons (Fsp3) is 0.105. The van der Waals surface area contributed by atoms with Crippen LogP contribution in [0.3, 0.4) is 0 Å². The molecule has 3 heteroatoms. The Balaban J connectivity index is 1.82. The van der Waals surface area contributed by atoms with Crippen molar-refractivity contribution < 1.29 is 4.79 Å². The molecule has 110 valence electrons. The number of amides is 1. The van der Waals surface area contributed by atoms with Gasteiger partial charge in [0.05, 0.1) is 11.6 Å². The summed E-state index contributed by atoms with van der Waals surface area (Å²) in [6, 6.07) is 21.9. The first-order valence-corrected chi connectivity index (χ1v) is 7.98. The van der Waals surface area contributed by atoms with E-state index in [0.717, 1.165) is 10.0 Å². The van der Waals surface area contributed by atoms with Crippen LogP contribution >= 0.6 is 15.9 Å². The summed E-state index contributed by atoms with van der Waals surface area (Å²) in [5, 5.41) is 5.44. The molecule has 0 spiro atoms. The first-order chi connectivity index (χ1) is 10.6. The van der Waals surface area contributed by atoms with Crippen molar-refractivity contribution in [3.05, 3.63) is 82.3 Å². The number of nitrogens with one attached hydrogen (secondary N) is 1. The molecule has 3 rings (SSSR count). The molecule has 3 aromatic rings. The van der Waals surface area contributed by atoms with E-state index in [-0.39, 0.29) is 11.9 Å². The lowest BCUT2D eigenvalue weighted by Crippen LogP contribution is -2.26. The van der Waals surface area contributed by atoms with E-state index in [0.29, 0.717) is 5.56 Å². The fourth-order valence-electron chi connectivity index (χ4n) is 2.48. The van der Waals surface area contributed by atoms with Crippen LogP contribution in [0.4, 0.5) is 0 Å². The Morgan fingerprint density at radius 1 is 0.955 bits per heavy atom. The zero-order valence-corrected chi connectivity index (χ0v) is 13.8. The van der Waals surface area contributed by atoms with Gasteiger partial charge in [-0.2, -0.15) is 0 Å². The predicted octanol–water partition coefficient (Wildman–Crippen LogP) is 5.09. The molecule has 1 amide bonds. The summed E-state index contributed by atoms with van der Waals surface area (Å²) < 4.78 is 0.804. The quantitative estimate of drug-likeness (QED) is 0.697. The van der Waals surface area contributed by atoms with Gasteiger partial charge in [-0.3, -0.25) is 4.79 Å². The Hall–Kier alpha value is -2.13. The largest absolute Gasteiger partial charge is 0.345 e. The van der Waals surface area contributed by atoms with Crippen molar-refractivity contribution in [3.8, 4) is 0 Å². The number of carbonyl (C=O) groups excluding carboxylic acids is 1. The van der Waals surface area contributed by atoms with Crippen molar-refractivity contribution >= 4 is 32.6 Å². The molecule has 0 fully saturated rings. The van der Waals surface area contributed by atoms with Crippen LogP contribution in [0.5, 0.6) is 0 Å². The van der Waals surface area contributed by atoms with Crippen LogP contribution in [0.15, 0.2) is 71.2 Å². The molecule has 0 bridgehead atoms. The van der Waals surface area contributed by atoms with E-state index in [9.17, 15) is 4.79 Å². The fourth-order valence-corrected chi connectivity index (χ4v) is 2.95. The maximum Gasteiger partial charge on any atom is 0.252 e. The zero-order valence-electron chi connectivity index (χ0n) is 12.2. The van der Waals surface area contributed by atoms with Gasteiger partial charge < -0.3 is 5.32 Å². The number of halogens is 1. The second kappa shape index (κ2) is 6.32. The molecule has 1 N–H and O–H groups in total. The second-order valence-electron chi connectivity index (χ2n) is 5.28. The third kappa shape index (κ3) is 3.04. The summed E-state index contributed by atoms with van der Waals surface area (Å²) in [6.07, 6.45) is 0. The van der Waals surface area contributed by atoms with Crippen LogP contribution in [0.25, 0.3) is 10.8 Å². The topological polar surface area (TPSA) is 29.1 Å². The van der Waals surface area contributed by atoms with Gasteiger partial charge in [-0.25, -0.2) is 0 Å². The third-order valence-electron chi connectivity index (χ3n) is 3.74. The minimum absolute atomic E-state index is 0.0517. The Labute approximate surface area is 138 Å². The SMILES string of the molecule is CC(NC(=O)c1ccccc1Br)c1ccc2ccccc2c1. The molecule has 2 nitrogen and oxygen atoms in total. The molecule has 0 aliphatic rings. The highest BCUT2D eigenvalue weighted by atomic mass is 79.9. The molecule has 0 radical (unpaired) electrons. The molecule has 3 aromatic carbocycles. The van der Waals surface area contributed by atoms with Crippen LogP contribution in [0.1, 0.15) is 28.9 Å². The Kier molecular flexibility index (Phi) is 4.25. The lowest BCUT2D eigenvalue weighted by atomic mass is 10.0. The number of hydrogen-bond acceptors (Lipinski definition) is 1. The smallest absolute Gasteiger partial charge is 0.252 e. The number of fused-ring (bicyclic) bond motifs is 1. The zero-order chi connectivity index (χ0) is 15.5. The maximum atomic E-state index is 12.4. The van der Waals surface area contributed by atoms with Crippen molar-refractivity contribution in [2.75, 3.05) is 0 Å². The average molecular weight is 354 g/mol. The molecule has 0 aliphatic heterocycles. The monoisotopic (exact) mass is 353 g/mol. The van der Waals surface area contributed by atoms with Gasteiger partial charge in [-0.15, -0.1) is 0 Å². The highest BCUT2D eigenvalue weighted by molar-refractivity contribution is 9.10. The highest BCUT2D eigenvalue weighted by Crippen LogP contribution is 2.21. The van der Waals surface area contributed by atoms with E-state index in [1.54, 1.807) is 0 Å². The summed E-state index contributed by atoms with van der Waals surface area (Å²) in [4.78, 5) is 12.4. The number of hydrogen-bond donors (Lipinski definition) is 1. The normalized spacial score (nSPS) is 12.1.